The van der Waals surface area contributed by atoms with Gasteiger partial charge in [0, 0.05) is 17.0 Å². The Balaban J connectivity index is 2.26. The predicted octanol–water partition coefficient (Wildman–Crippen LogP) is 3.30. The van der Waals surface area contributed by atoms with Gasteiger partial charge in [-0.3, -0.25) is 4.79 Å². The van der Waals surface area contributed by atoms with E-state index >= 15 is 0 Å². The summed E-state index contributed by atoms with van der Waals surface area (Å²) in [6.45, 7) is 3.62. The van der Waals surface area contributed by atoms with Crippen LogP contribution in [0.15, 0.2) is 23.6 Å². The molecule has 0 spiro atoms. The van der Waals surface area contributed by atoms with E-state index in [1.165, 1.54) is 19.6 Å². The summed E-state index contributed by atoms with van der Waals surface area (Å²) >= 11 is 1.05. The van der Waals surface area contributed by atoms with Gasteiger partial charge in [-0.05, 0) is 19.9 Å². The quantitative estimate of drug-likeness (QED) is 0.620. The van der Waals surface area contributed by atoms with Crippen molar-refractivity contribution >= 4 is 34.2 Å². The number of anilines is 1. The molecule has 1 aromatic heterocycles. The predicted molar refractivity (Wildman–Crippen MR) is 108 cm³/mol. The molecule has 0 unspecified atom stereocenters. The normalized spacial score (nSPS) is 10.2. The SMILES string of the molecule is CCOC(=O)c1csc(NC(=O)Cc2ccc(OC)cc2OC)c1C(=O)OCC. The summed E-state index contributed by atoms with van der Waals surface area (Å²) in [7, 11) is 3.04. The smallest absolute Gasteiger partial charge is 0.342 e. The number of nitrogens with one attached hydrogen (secondary N) is 1. The third-order valence-electron chi connectivity index (χ3n) is 3.86. The first-order valence-corrected chi connectivity index (χ1v) is 9.79. The van der Waals surface area contributed by atoms with Gasteiger partial charge < -0.3 is 24.3 Å². The monoisotopic (exact) mass is 421 g/mol. The van der Waals surface area contributed by atoms with Crippen LogP contribution in [-0.4, -0.2) is 45.3 Å². The third-order valence-corrected chi connectivity index (χ3v) is 4.76. The number of benzene rings is 1. The van der Waals surface area contributed by atoms with E-state index in [1.807, 2.05) is 0 Å². The molecule has 0 aliphatic rings. The Hall–Kier alpha value is -3.07. The molecule has 9 heteroatoms. The average molecular weight is 421 g/mol. The van der Waals surface area contributed by atoms with Gasteiger partial charge in [0.25, 0.3) is 0 Å². The third kappa shape index (κ3) is 5.47. The van der Waals surface area contributed by atoms with Gasteiger partial charge in [0.1, 0.15) is 22.1 Å². The van der Waals surface area contributed by atoms with Crippen molar-refractivity contribution in [3.05, 3.63) is 40.3 Å². The number of hydrogen-bond donors (Lipinski definition) is 1. The number of carbonyl (C=O) groups excluding carboxylic acids is 3. The first-order chi connectivity index (χ1) is 13.9. The minimum Gasteiger partial charge on any atom is -0.497 e. The number of amides is 1. The number of hydrogen-bond acceptors (Lipinski definition) is 8. The summed E-state index contributed by atoms with van der Waals surface area (Å²) < 4.78 is 20.5. The number of carbonyl (C=O) groups is 3. The van der Waals surface area contributed by atoms with Crippen molar-refractivity contribution in [2.24, 2.45) is 0 Å². The molecule has 0 aliphatic carbocycles. The number of methoxy groups -OCH3 is 2. The van der Waals surface area contributed by atoms with Gasteiger partial charge in [-0.2, -0.15) is 0 Å². The van der Waals surface area contributed by atoms with Crippen molar-refractivity contribution in [2.45, 2.75) is 20.3 Å². The molecule has 1 N–H and O–H groups in total. The van der Waals surface area contributed by atoms with Gasteiger partial charge >= 0.3 is 11.9 Å². The molecule has 29 heavy (non-hydrogen) atoms. The number of esters is 2. The Morgan fingerprint density at radius 1 is 1.00 bits per heavy atom. The van der Waals surface area contributed by atoms with Crippen LogP contribution in [-0.2, 0) is 20.7 Å². The van der Waals surface area contributed by atoms with Crippen LogP contribution >= 0.6 is 11.3 Å². The fourth-order valence-electron chi connectivity index (χ4n) is 2.56. The lowest BCUT2D eigenvalue weighted by Crippen LogP contribution is -2.18. The lowest BCUT2D eigenvalue weighted by molar-refractivity contribution is -0.115. The van der Waals surface area contributed by atoms with Crippen LogP contribution < -0.4 is 14.8 Å². The maximum absolute atomic E-state index is 12.6. The van der Waals surface area contributed by atoms with Crippen molar-refractivity contribution < 1.29 is 33.3 Å². The molecular formula is C20H23NO7S. The van der Waals surface area contributed by atoms with Gasteiger partial charge in [-0.15, -0.1) is 11.3 Å². The minimum atomic E-state index is -0.700. The molecule has 0 saturated carbocycles. The van der Waals surface area contributed by atoms with Crippen molar-refractivity contribution in [3.8, 4) is 11.5 Å². The van der Waals surface area contributed by atoms with Crippen molar-refractivity contribution in [3.63, 3.8) is 0 Å². The molecule has 2 aromatic rings. The Morgan fingerprint density at radius 2 is 1.69 bits per heavy atom. The van der Waals surface area contributed by atoms with E-state index in [0.29, 0.717) is 17.1 Å². The van der Waals surface area contributed by atoms with E-state index in [4.69, 9.17) is 18.9 Å². The lowest BCUT2D eigenvalue weighted by Gasteiger charge is -2.11. The van der Waals surface area contributed by atoms with Crippen LogP contribution in [0.3, 0.4) is 0 Å². The Kier molecular flexibility index (Phi) is 8.02. The second kappa shape index (κ2) is 10.5. The first-order valence-electron chi connectivity index (χ1n) is 8.91. The van der Waals surface area contributed by atoms with Crippen LogP contribution in [0.1, 0.15) is 40.1 Å². The maximum atomic E-state index is 12.6. The van der Waals surface area contributed by atoms with E-state index < -0.39 is 11.9 Å². The van der Waals surface area contributed by atoms with Crippen LogP contribution in [0.2, 0.25) is 0 Å². The Morgan fingerprint density at radius 3 is 2.31 bits per heavy atom. The maximum Gasteiger partial charge on any atom is 0.342 e. The highest BCUT2D eigenvalue weighted by molar-refractivity contribution is 7.15. The van der Waals surface area contributed by atoms with Gasteiger partial charge in [0.2, 0.25) is 5.91 Å². The van der Waals surface area contributed by atoms with E-state index in [9.17, 15) is 14.4 Å². The lowest BCUT2D eigenvalue weighted by atomic mass is 10.1. The highest BCUT2D eigenvalue weighted by atomic mass is 32.1. The van der Waals surface area contributed by atoms with Crippen molar-refractivity contribution in [2.75, 3.05) is 32.8 Å². The van der Waals surface area contributed by atoms with Crippen LogP contribution in [0.5, 0.6) is 11.5 Å². The number of rotatable bonds is 9. The molecule has 8 nitrogen and oxygen atoms in total. The Labute approximate surface area is 172 Å². The fraction of sp³-hybridized carbons (Fsp3) is 0.350. The summed E-state index contributed by atoms with van der Waals surface area (Å²) in [5.41, 5.74) is 0.698. The minimum absolute atomic E-state index is 0.00206. The summed E-state index contributed by atoms with van der Waals surface area (Å²) in [5, 5.41) is 4.37. The fourth-order valence-corrected chi connectivity index (χ4v) is 3.49. The van der Waals surface area contributed by atoms with Crippen LogP contribution in [0.25, 0.3) is 0 Å². The van der Waals surface area contributed by atoms with E-state index in [-0.39, 0.29) is 41.7 Å². The largest absolute Gasteiger partial charge is 0.497 e. The highest BCUT2D eigenvalue weighted by Gasteiger charge is 2.26. The van der Waals surface area contributed by atoms with E-state index in [1.54, 1.807) is 32.0 Å². The van der Waals surface area contributed by atoms with Gasteiger partial charge in [0.15, 0.2) is 0 Å². The van der Waals surface area contributed by atoms with Crippen molar-refractivity contribution in [1.29, 1.82) is 0 Å². The molecule has 0 radical (unpaired) electrons. The average Bonchev–Trinajstić information content (AvgIpc) is 3.12. The van der Waals surface area contributed by atoms with Crippen LogP contribution in [0, 0.1) is 0 Å². The van der Waals surface area contributed by atoms with E-state index in [0.717, 1.165) is 11.3 Å². The summed E-state index contributed by atoms with van der Waals surface area (Å²) in [6, 6.07) is 5.12. The molecule has 0 atom stereocenters. The standard InChI is InChI=1S/C20H23NO7S/c1-5-27-19(23)14-11-29-18(17(14)20(24)28-6-2)21-16(22)9-12-7-8-13(25-3)10-15(12)26-4/h7-8,10-11H,5-6,9H2,1-4H3,(H,21,22). The molecule has 2 rings (SSSR count). The molecule has 0 aliphatic heterocycles. The van der Waals surface area contributed by atoms with Gasteiger partial charge in [0.05, 0.1) is 39.4 Å². The summed E-state index contributed by atoms with van der Waals surface area (Å²) in [4.78, 5) is 37.1. The van der Waals surface area contributed by atoms with Crippen LogP contribution in [0.4, 0.5) is 5.00 Å². The topological polar surface area (TPSA) is 100 Å². The Bertz CT molecular complexity index is 891. The van der Waals surface area contributed by atoms with Gasteiger partial charge in [-0.25, -0.2) is 9.59 Å². The number of thiophene rings is 1. The molecule has 0 bridgehead atoms. The molecule has 0 fully saturated rings. The summed E-state index contributed by atoms with van der Waals surface area (Å²) in [5.74, 6) is -0.619. The summed E-state index contributed by atoms with van der Waals surface area (Å²) in [6.07, 6.45) is 0.00206. The zero-order valence-corrected chi connectivity index (χ0v) is 17.5. The van der Waals surface area contributed by atoms with Gasteiger partial charge in [-0.1, -0.05) is 6.07 Å². The molecule has 1 heterocycles. The van der Waals surface area contributed by atoms with Crippen molar-refractivity contribution in [1.82, 2.24) is 0 Å². The molecule has 1 aromatic carbocycles. The molecule has 0 saturated heterocycles. The highest BCUT2D eigenvalue weighted by Crippen LogP contribution is 2.31. The molecule has 156 valence electrons. The molecule has 1 amide bonds. The number of ether oxygens (including phenoxy) is 4. The second-order valence-electron chi connectivity index (χ2n) is 5.70. The second-order valence-corrected chi connectivity index (χ2v) is 6.58. The zero-order valence-electron chi connectivity index (χ0n) is 16.7. The first kappa shape index (κ1) is 22.2. The molecular weight excluding hydrogens is 398 g/mol. The van der Waals surface area contributed by atoms with E-state index in [2.05, 4.69) is 5.32 Å². The zero-order chi connectivity index (χ0) is 21.4.